The highest BCUT2D eigenvalue weighted by Crippen LogP contribution is 2.30. The molecule has 0 spiro atoms. The molecule has 1 aromatic heterocycles. The van der Waals surface area contributed by atoms with Crippen LogP contribution in [-0.2, 0) is 5.41 Å². The van der Waals surface area contributed by atoms with E-state index in [1.165, 1.54) is 5.56 Å². The van der Waals surface area contributed by atoms with Gasteiger partial charge in [-0.05, 0) is 41.7 Å². The molecule has 0 amide bonds. The number of ether oxygens (including phenoxy) is 1. The summed E-state index contributed by atoms with van der Waals surface area (Å²) in [6, 6.07) is 11.6. The van der Waals surface area contributed by atoms with Crippen LogP contribution in [0.3, 0.4) is 0 Å². The molecule has 0 aliphatic rings. The normalized spacial score (nSPS) is 10.9. The van der Waals surface area contributed by atoms with Gasteiger partial charge in [-0.25, -0.2) is 4.98 Å². The number of nitrogens with zero attached hydrogens (tertiary/aromatic N) is 2. The summed E-state index contributed by atoms with van der Waals surface area (Å²) in [6.45, 7) is 8.59. The molecule has 2 rings (SSSR count). The van der Waals surface area contributed by atoms with Gasteiger partial charge in [0.25, 0.3) is 0 Å². The molecule has 2 aromatic rings. The molecule has 0 bridgehead atoms. The predicted molar refractivity (Wildman–Crippen MR) is 78.9 cm³/mol. The lowest BCUT2D eigenvalue weighted by atomic mass is 9.86. The molecular weight excluding hydrogens is 248 g/mol. The summed E-state index contributed by atoms with van der Waals surface area (Å²) in [5.74, 6) is 1.44. The fourth-order valence-corrected chi connectivity index (χ4v) is 1.86. The minimum absolute atomic E-state index is 0.124. The van der Waals surface area contributed by atoms with E-state index in [4.69, 9.17) is 10.00 Å². The van der Waals surface area contributed by atoms with E-state index >= 15 is 0 Å². The quantitative estimate of drug-likeness (QED) is 0.811. The van der Waals surface area contributed by atoms with Gasteiger partial charge in [0.15, 0.2) is 0 Å². The molecule has 0 aliphatic carbocycles. The van der Waals surface area contributed by atoms with Crippen molar-refractivity contribution in [3.63, 3.8) is 0 Å². The zero-order chi connectivity index (χ0) is 14.8. The summed E-state index contributed by atoms with van der Waals surface area (Å²) in [7, 11) is 0. The Morgan fingerprint density at radius 1 is 1.15 bits per heavy atom. The Hall–Kier alpha value is -2.34. The first kappa shape index (κ1) is 14.1. The van der Waals surface area contributed by atoms with Gasteiger partial charge in [0.1, 0.15) is 23.3 Å². The summed E-state index contributed by atoms with van der Waals surface area (Å²) in [5.41, 5.74) is 2.87. The topological polar surface area (TPSA) is 45.9 Å². The molecule has 3 heteroatoms. The third-order valence-electron chi connectivity index (χ3n) is 3.12. The van der Waals surface area contributed by atoms with E-state index in [9.17, 15) is 0 Å². The van der Waals surface area contributed by atoms with Crippen molar-refractivity contribution in [1.82, 2.24) is 4.98 Å². The van der Waals surface area contributed by atoms with Crippen molar-refractivity contribution in [2.75, 3.05) is 0 Å². The fourth-order valence-electron chi connectivity index (χ4n) is 1.86. The molecule has 20 heavy (non-hydrogen) atoms. The molecule has 0 atom stereocenters. The highest BCUT2D eigenvalue weighted by molar-refractivity contribution is 5.41. The van der Waals surface area contributed by atoms with Gasteiger partial charge < -0.3 is 4.74 Å². The van der Waals surface area contributed by atoms with Crippen LogP contribution >= 0.6 is 0 Å². The molecule has 0 saturated carbocycles. The Labute approximate surface area is 119 Å². The maximum absolute atomic E-state index is 8.72. The van der Waals surface area contributed by atoms with Crippen LogP contribution in [0, 0.1) is 18.3 Å². The van der Waals surface area contributed by atoms with Crippen LogP contribution in [0.4, 0.5) is 0 Å². The summed E-state index contributed by atoms with van der Waals surface area (Å²) in [4.78, 5) is 3.99. The molecule has 0 N–H and O–H groups in total. The molecule has 0 radical (unpaired) electrons. The predicted octanol–water partition coefficient (Wildman–Crippen LogP) is 4.35. The minimum atomic E-state index is 0.124. The van der Waals surface area contributed by atoms with E-state index in [0.717, 1.165) is 11.3 Å². The van der Waals surface area contributed by atoms with Crippen molar-refractivity contribution in [2.45, 2.75) is 33.1 Å². The number of nitriles is 1. The first-order valence-corrected chi connectivity index (χ1v) is 6.55. The average molecular weight is 266 g/mol. The number of hydrogen-bond donors (Lipinski definition) is 0. The van der Waals surface area contributed by atoms with Gasteiger partial charge in [0, 0.05) is 0 Å². The second-order valence-corrected chi connectivity index (χ2v) is 5.82. The zero-order valence-electron chi connectivity index (χ0n) is 12.3. The third-order valence-corrected chi connectivity index (χ3v) is 3.12. The lowest BCUT2D eigenvalue weighted by Crippen LogP contribution is -2.11. The van der Waals surface area contributed by atoms with Crippen LogP contribution in [0.15, 0.2) is 36.5 Å². The van der Waals surface area contributed by atoms with Gasteiger partial charge in [0.05, 0.1) is 6.20 Å². The monoisotopic (exact) mass is 266 g/mol. The summed E-state index contributed by atoms with van der Waals surface area (Å²) in [5, 5.41) is 8.72. The van der Waals surface area contributed by atoms with Crippen LogP contribution < -0.4 is 4.74 Å². The number of pyridine rings is 1. The van der Waals surface area contributed by atoms with Gasteiger partial charge in [-0.15, -0.1) is 0 Å². The number of aryl methyl sites for hydroxylation is 1. The Morgan fingerprint density at radius 2 is 1.90 bits per heavy atom. The minimum Gasteiger partial charge on any atom is -0.455 e. The highest BCUT2D eigenvalue weighted by atomic mass is 16.5. The van der Waals surface area contributed by atoms with Crippen molar-refractivity contribution >= 4 is 0 Å². The van der Waals surface area contributed by atoms with E-state index in [-0.39, 0.29) is 5.41 Å². The number of aromatic nitrogens is 1. The summed E-state index contributed by atoms with van der Waals surface area (Å²) >= 11 is 0. The summed E-state index contributed by atoms with van der Waals surface area (Å²) in [6.07, 6.45) is 1.57. The van der Waals surface area contributed by atoms with E-state index in [2.05, 4.69) is 37.9 Å². The first-order valence-electron chi connectivity index (χ1n) is 6.55. The largest absolute Gasteiger partial charge is 0.455 e. The molecule has 0 unspecified atom stereocenters. The second kappa shape index (κ2) is 5.34. The van der Waals surface area contributed by atoms with Crippen LogP contribution in [0.1, 0.15) is 37.6 Å². The smallest absolute Gasteiger partial charge is 0.145 e. The van der Waals surface area contributed by atoms with Gasteiger partial charge in [0.2, 0.25) is 0 Å². The maximum Gasteiger partial charge on any atom is 0.145 e. The SMILES string of the molecule is Cc1cc(C(C)(C)C)ccc1Oc1ccc(C#N)nc1. The van der Waals surface area contributed by atoms with Crippen molar-refractivity contribution < 1.29 is 4.74 Å². The van der Waals surface area contributed by atoms with E-state index in [1.54, 1.807) is 18.3 Å². The van der Waals surface area contributed by atoms with Crippen LogP contribution in [0.5, 0.6) is 11.5 Å². The number of rotatable bonds is 2. The number of hydrogen-bond acceptors (Lipinski definition) is 3. The van der Waals surface area contributed by atoms with E-state index in [0.29, 0.717) is 11.4 Å². The van der Waals surface area contributed by atoms with Gasteiger partial charge in [-0.1, -0.05) is 32.9 Å². The van der Waals surface area contributed by atoms with Gasteiger partial charge in [-0.2, -0.15) is 5.26 Å². The van der Waals surface area contributed by atoms with Crippen molar-refractivity contribution in [1.29, 1.82) is 5.26 Å². The van der Waals surface area contributed by atoms with E-state index < -0.39 is 0 Å². The lowest BCUT2D eigenvalue weighted by molar-refractivity contribution is 0.475. The standard InChI is InChI=1S/C17H18N2O/c1-12-9-13(17(2,3)4)5-8-16(12)20-15-7-6-14(10-18)19-11-15/h5-9,11H,1-4H3. The molecule has 0 fully saturated rings. The van der Waals surface area contributed by atoms with E-state index in [1.807, 2.05) is 19.1 Å². The molecule has 0 aliphatic heterocycles. The van der Waals surface area contributed by atoms with Gasteiger partial charge >= 0.3 is 0 Å². The van der Waals surface area contributed by atoms with Gasteiger partial charge in [-0.3, -0.25) is 0 Å². The third kappa shape index (κ3) is 3.16. The maximum atomic E-state index is 8.72. The zero-order valence-corrected chi connectivity index (χ0v) is 12.3. The van der Waals surface area contributed by atoms with Crippen LogP contribution in [-0.4, -0.2) is 4.98 Å². The lowest BCUT2D eigenvalue weighted by Gasteiger charge is -2.20. The molecule has 102 valence electrons. The molecule has 0 saturated heterocycles. The fraction of sp³-hybridized carbons (Fsp3) is 0.294. The highest BCUT2D eigenvalue weighted by Gasteiger charge is 2.14. The Bertz CT molecular complexity index is 646. The Kier molecular flexibility index (Phi) is 3.76. The Balaban J connectivity index is 2.23. The van der Waals surface area contributed by atoms with Crippen molar-refractivity contribution in [2.24, 2.45) is 0 Å². The van der Waals surface area contributed by atoms with Crippen LogP contribution in [0.25, 0.3) is 0 Å². The average Bonchev–Trinajstić information content (AvgIpc) is 2.41. The molecule has 1 aromatic carbocycles. The van der Waals surface area contributed by atoms with Crippen molar-refractivity contribution in [3.8, 4) is 17.6 Å². The van der Waals surface area contributed by atoms with Crippen LogP contribution in [0.2, 0.25) is 0 Å². The van der Waals surface area contributed by atoms with Crippen molar-refractivity contribution in [3.05, 3.63) is 53.3 Å². The summed E-state index contributed by atoms with van der Waals surface area (Å²) < 4.78 is 5.80. The molecule has 3 nitrogen and oxygen atoms in total. The second-order valence-electron chi connectivity index (χ2n) is 5.82. The first-order chi connectivity index (χ1) is 9.40. The Morgan fingerprint density at radius 3 is 2.40 bits per heavy atom. The number of benzene rings is 1. The molecular formula is C17H18N2O. The molecule has 1 heterocycles.